The third-order valence-electron chi connectivity index (χ3n) is 3.32. The van der Waals surface area contributed by atoms with Crippen molar-refractivity contribution in [1.29, 1.82) is 0 Å². The Bertz CT molecular complexity index is 751. The molecule has 0 saturated heterocycles. The molecule has 0 radical (unpaired) electrons. The average Bonchev–Trinajstić information content (AvgIpc) is 2.79. The number of aromatic nitrogens is 2. The maximum Gasteiger partial charge on any atom is 0.316 e. The molecule has 0 unspecified atom stereocenters. The molecule has 8 heteroatoms. The second-order valence-electron chi connectivity index (χ2n) is 4.67. The fourth-order valence-corrected chi connectivity index (χ4v) is 3.91. The number of methoxy groups -OCH3 is 2. The first-order chi connectivity index (χ1) is 10.5. The summed E-state index contributed by atoms with van der Waals surface area (Å²) >= 11 is 2.70. The normalized spacial score (nSPS) is 11.1. The first kappa shape index (κ1) is 17.0. The Hall–Kier alpha value is -1.38. The van der Waals surface area contributed by atoms with Gasteiger partial charge in [0.15, 0.2) is 5.16 Å². The van der Waals surface area contributed by atoms with E-state index in [0.29, 0.717) is 28.5 Å². The van der Waals surface area contributed by atoms with Gasteiger partial charge in [-0.1, -0.05) is 11.8 Å². The third kappa shape index (κ3) is 3.34. The number of carbonyl (C=O) groups excluding carboxylic acids is 1. The summed E-state index contributed by atoms with van der Waals surface area (Å²) in [6, 6.07) is 0. The Morgan fingerprint density at radius 2 is 2.09 bits per heavy atom. The summed E-state index contributed by atoms with van der Waals surface area (Å²) in [5.41, 5.74) is 0.879. The lowest BCUT2D eigenvalue weighted by Crippen LogP contribution is -2.25. The van der Waals surface area contributed by atoms with E-state index in [0.717, 1.165) is 10.4 Å². The van der Waals surface area contributed by atoms with E-state index in [1.165, 1.54) is 30.2 Å². The van der Waals surface area contributed by atoms with Crippen LogP contribution in [0.4, 0.5) is 0 Å². The molecule has 0 N–H and O–H groups in total. The molecule has 2 rings (SSSR count). The first-order valence-electron chi connectivity index (χ1n) is 6.68. The Morgan fingerprint density at radius 3 is 2.73 bits per heavy atom. The van der Waals surface area contributed by atoms with Crippen LogP contribution >= 0.6 is 23.1 Å². The van der Waals surface area contributed by atoms with Crippen molar-refractivity contribution in [3.05, 3.63) is 20.8 Å². The molecular weight excluding hydrogens is 324 g/mol. The molecule has 0 fully saturated rings. The predicted octanol–water partition coefficient (Wildman–Crippen LogP) is 1.99. The molecule has 0 aliphatic rings. The van der Waals surface area contributed by atoms with Crippen LogP contribution in [0, 0.1) is 13.8 Å². The molecular formula is C14H18N2O4S2. The number of carbonyl (C=O) groups is 1. The van der Waals surface area contributed by atoms with Gasteiger partial charge in [-0.25, -0.2) is 4.98 Å². The number of thiophene rings is 1. The highest BCUT2D eigenvalue weighted by Gasteiger charge is 2.17. The molecule has 0 saturated carbocycles. The highest BCUT2D eigenvalue weighted by Crippen LogP contribution is 2.28. The zero-order valence-corrected chi connectivity index (χ0v) is 14.6. The Kier molecular flexibility index (Phi) is 5.60. The SMILES string of the molecule is COCCn1c(SCC(=O)OC)nc2sc(C)c(C)c2c1=O. The Morgan fingerprint density at radius 1 is 1.36 bits per heavy atom. The monoisotopic (exact) mass is 342 g/mol. The molecule has 0 amide bonds. The fraction of sp³-hybridized carbons (Fsp3) is 0.500. The van der Waals surface area contributed by atoms with E-state index >= 15 is 0 Å². The summed E-state index contributed by atoms with van der Waals surface area (Å²) in [5.74, 6) is -0.235. The minimum absolute atomic E-state index is 0.0868. The topological polar surface area (TPSA) is 70.4 Å². The third-order valence-corrected chi connectivity index (χ3v) is 5.37. The minimum Gasteiger partial charge on any atom is -0.468 e. The smallest absolute Gasteiger partial charge is 0.316 e. The van der Waals surface area contributed by atoms with Crippen LogP contribution in [0.15, 0.2) is 9.95 Å². The standard InChI is InChI=1S/C14H18N2O4S2/c1-8-9(2)22-12-11(8)13(18)16(5-6-19-3)14(15-12)21-7-10(17)20-4/h5-7H2,1-4H3. The van der Waals surface area contributed by atoms with E-state index in [1.54, 1.807) is 11.7 Å². The van der Waals surface area contributed by atoms with Gasteiger partial charge in [0.05, 0.1) is 31.4 Å². The van der Waals surface area contributed by atoms with E-state index in [2.05, 4.69) is 9.72 Å². The lowest BCUT2D eigenvalue weighted by molar-refractivity contribution is -0.137. The summed E-state index contributed by atoms with van der Waals surface area (Å²) in [7, 11) is 2.92. The van der Waals surface area contributed by atoms with Gasteiger partial charge in [0.1, 0.15) is 4.83 Å². The summed E-state index contributed by atoms with van der Waals surface area (Å²) in [4.78, 5) is 30.4. The van der Waals surface area contributed by atoms with Crippen LogP contribution in [0.25, 0.3) is 10.2 Å². The van der Waals surface area contributed by atoms with Gasteiger partial charge in [0.2, 0.25) is 0 Å². The number of thioether (sulfide) groups is 1. The highest BCUT2D eigenvalue weighted by atomic mass is 32.2. The number of nitrogens with zero attached hydrogens (tertiary/aromatic N) is 2. The van der Waals surface area contributed by atoms with Crippen molar-refractivity contribution < 1.29 is 14.3 Å². The molecule has 22 heavy (non-hydrogen) atoms. The quantitative estimate of drug-likeness (QED) is 0.454. The number of ether oxygens (including phenoxy) is 2. The molecule has 2 aromatic heterocycles. The van der Waals surface area contributed by atoms with Crippen LogP contribution in [-0.2, 0) is 20.8 Å². The summed E-state index contributed by atoms with van der Waals surface area (Å²) in [6.45, 7) is 4.71. The molecule has 0 aromatic carbocycles. The Balaban J connectivity index is 2.52. The molecule has 2 heterocycles. The van der Waals surface area contributed by atoms with Crippen molar-refractivity contribution in [3.63, 3.8) is 0 Å². The Labute approximate surface area is 136 Å². The zero-order valence-electron chi connectivity index (χ0n) is 13.0. The van der Waals surface area contributed by atoms with Crippen molar-refractivity contribution in [2.75, 3.05) is 26.6 Å². The van der Waals surface area contributed by atoms with E-state index < -0.39 is 0 Å². The molecule has 0 bridgehead atoms. The maximum absolute atomic E-state index is 12.7. The van der Waals surface area contributed by atoms with Crippen LogP contribution in [0.3, 0.4) is 0 Å². The zero-order chi connectivity index (χ0) is 16.3. The number of aryl methyl sites for hydroxylation is 2. The van der Waals surface area contributed by atoms with Crippen molar-refractivity contribution >= 4 is 39.3 Å². The van der Waals surface area contributed by atoms with Crippen LogP contribution in [-0.4, -0.2) is 42.1 Å². The summed E-state index contributed by atoms with van der Waals surface area (Å²) in [6.07, 6.45) is 0. The lowest BCUT2D eigenvalue weighted by atomic mass is 10.2. The predicted molar refractivity (Wildman–Crippen MR) is 88.0 cm³/mol. The fourth-order valence-electron chi connectivity index (χ4n) is 1.98. The van der Waals surface area contributed by atoms with E-state index in [4.69, 9.17) is 4.74 Å². The van der Waals surface area contributed by atoms with Gasteiger partial charge in [-0.3, -0.25) is 14.2 Å². The second kappa shape index (κ2) is 7.26. The van der Waals surface area contributed by atoms with Gasteiger partial charge in [-0.05, 0) is 19.4 Å². The number of fused-ring (bicyclic) bond motifs is 1. The minimum atomic E-state index is -0.351. The van der Waals surface area contributed by atoms with Crippen LogP contribution < -0.4 is 5.56 Å². The largest absolute Gasteiger partial charge is 0.468 e. The number of rotatable bonds is 6. The van der Waals surface area contributed by atoms with Crippen LogP contribution in [0.5, 0.6) is 0 Å². The van der Waals surface area contributed by atoms with Crippen molar-refractivity contribution in [1.82, 2.24) is 9.55 Å². The molecule has 0 aliphatic carbocycles. The van der Waals surface area contributed by atoms with E-state index in [9.17, 15) is 9.59 Å². The molecule has 0 aliphatic heterocycles. The second-order valence-corrected chi connectivity index (χ2v) is 6.82. The van der Waals surface area contributed by atoms with E-state index in [-0.39, 0.29) is 17.3 Å². The number of esters is 1. The molecule has 6 nitrogen and oxygen atoms in total. The average molecular weight is 342 g/mol. The lowest BCUT2D eigenvalue weighted by Gasteiger charge is -2.11. The van der Waals surface area contributed by atoms with Gasteiger partial charge in [0.25, 0.3) is 5.56 Å². The van der Waals surface area contributed by atoms with Crippen molar-refractivity contribution in [2.24, 2.45) is 0 Å². The van der Waals surface area contributed by atoms with Crippen molar-refractivity contribution in [3.8, 4) is 0 Å². The van der Waals surface area contributed by atoms with Gasteiger partial charge < -0.3 is 9.47 Å². The van der Waals surface area contributed by atoms with E-state index in [1.807, 2.05) is 13.8 Å². The van der Waals surface area contributed by atoms with Gasteiger partial charge in [-0.2, -0.15) is 0 Å². The molecule has 0 atom stereocenters. The summed E-state index contributed by atoms with van der Waals surface area (Å²) in [5, 5.41) is 1.17. The number of hydrogen-bond donors (Lipinski definition) is 0. The van der Waals surface area contributed by atoms with Crippen LogP contribution in [0.2, 0.25) is 0 Å². The van der Waals surface area contributed by atoms with Gasteiger partial charge in [-0.15, -0.1) is 11.3 Å². The van der Waals surface area contributed by atoms with Gasteiger partial charge in [0, 0.05) is 12.0 Å². The number of hydrogen-bond acceptors (Lipinski definition) is 7. The van der Waals surface area contributed by atoms with Crippen molar-refractivity contribution in [2.45, 2.75) is 25.5 Å². The molecule has 0 spiro atoms. The molecule has 120 valence electrons. The highest BCUT2D eigenvalue weighted by molar-refractivity contribution is 7.99. The van der Waals surface area contributed by atoms with Gasteiger partial charge >= 0.3 is 5.97 Å². The summed E-state index contributed by atoms with van der Waals surface area (Å²) < 4.78 is 11.3. The first-order valence-corrected chi connectivity index (χ1v) is 8.48. The maximum atomic E-state index is 12.7. The van der Waals surface area contributed by atoms with Crippen LogP contribution in [0.1, 0.15) is 10.4 Å². The molecule has 2 aromatic rings.